The van der Waals surface area contributed by atoms with Gasteiger partial charge in [0.25, 0.3) is 0 Å². The highest BCUT2D eigenvalue weighted by molar-refractivity contribution is 4.38. The molecule has 0 heterocycles. The minimum absolute atomic E-state index is 0.0282. The number of nitrogens with two attached hydrogens (primary N) is 1. The van der Waals surface area contributed by atoms with Gasteiger partial charge in [0.05, 0.1) is 139 Å². The fourth-order valence-electron chi connectivity index (χ4n) is 2.13. The van der Waals surface area contributed by atoms with Crippen molar-refractivity contribution < 1.29 is 52.5 Å². The summed E-state index contributed by atoms with van der Waals surface area (Å²) in [5, 5.41) is 8.54. The molecule has 33 heavy (non-hydrogen) atoms. The highest BCUT2D eigenvalue weighted by atomic mass is 16.6. The summed E-state index contributed by atoms with van der Waals surface area (Å²) in [7, 11) is 0. The average Bonchev–Trinajstić information content (AvgIpc) is 2.83. The van der Waals surface area contributed by atoms with Crippen molar-refractivity contribution in [1.29, 1.82) is 0 Å². The molecule has 12 nitrogen and oxygen atoms in total. The standard InChI is InChI=1S/C21H45NO11/c22-21-33-20-19-32-18-17-31-16-15-30-14-13-29-12-11-28-10-9-27-8-7-26-6-5-25-4-3-24-2-1-23/h23H,1-22H2. The number of hydrogen-bond acceptors (Lipinski definition) is 12. The molecule has 0 spiro atoms. The summed E-state index contributed by atoms with van der Waals surface area (Å²) >= 11 is 0. The third kappa shape index (κ3) is 31.5. The van der Waals surface area contributed by atoms with Crippen LogP contribution in [0.15, 0.2) is 0 Å². The van der Waals surface area contributed by atoms with Gasteiger partial charge in [-0.3, -0.25) is 0 Å². The van der Waals surface area contributed by atoms with E-state index in [-0.39, 0.29) is 13.3 Å². The lowest BCUT2D eigenvalue weighted by atomic mass is 10.6. The number of hydrogen-bond donors (Lipinski definition) is 2. The van der Waals surface area contributed by atoms with Gasteiger partial charge >= 0.3 is 0 Å². The molecule has 200 valence electrons. The lowest BCUT2D eigenvalue weighted by molar-refractivity contribution is -0.0267. The summed E-state index contributed by atoms with van der Waals surface area (Å²) in [4.78, 5) is 0. The third-order valence-electron chi connectivity index (χ3n) is 3.70. The van der Waals surface area contributed by atoms with Gasteiger partial charge in [-0.2, -0.15) is 0 Å². The molecule has 0 fully saturated rings. The van der Waals surface area contributed by atoms with Gasteiger partial charge in [-0.25, -0.2) is 0 Å². The van der Waals surface area contributed by atoms with Crippen LogP contribution in [-0.4, -0.2) is 144 Å². The van der Waals surface area contributed by atoms with Gasteiger partial charge < -0.3 is 58.2 Å². The molecule has 0 aromatic heterocycles. The Morgan fingerprint density at radius 3 is 0.667 bits per heavy atom. The Morgan fingerprint density at radius 2 is 0.485 bits per heavy atom. The lowest BCUT2D eigenvalue weighted by Crippen LogP contribution is -2.15. The molecule has 0 rings (SSSR count). The highest BCUT2D eigenvalue weighted by Crippen LogP contribution is 1.86. The van der Waals surface area contributed by atoms with Crippen molar-refractivity contribution in [2.75, 3.05) is 139 Å². The van der Waals surface area contributed by atoms with Crippen LogP contribution in [0.3, 0.4) is 0 Å². The first kappa shape index (κ1) is 32.5. The zero-order valence-corrected chi connectivity index (χ0v) is 20.0. The minimum Gasteiger partial charge on any atom is -0.394 e. The topological polar surface area (TPSA) is 139 Å². The van der Waals surface area contributed by atoms with Crippen molar-refractivity contribution in [1.82, 2.24) is 0 Å². The van der Waals surface area contributed by atoms with E-state index in [1.165, 1.54) is 0 Å². The molecule has 0 saturated carbocycles. The summed E-state index contributed by atoms with van der Waals surface area (Å²) in [6, 6.07) is 0. The highest BCUT2D eigenvalue weighted by Gasteiger charge is 1.95. The van der Waals surface area contributed by atoms with E-state index in [1.54, 1.807) is 0 Å². The van der Waals surface area contributed by atoms with Crippen LogP contribution >= 0.6 is 0 Å². The molecule has 0 saturated heterocycles. The van der Waals surface area contributed by atoms with E-state index in [0.29, 0.717) is 126 Å². The molecule has 0 bridgehead atoms. The number of ether oxygens (including phenoxy) is 10. The fourth-order valence-corrected chi connectivity index (χ4v) is 2.13. The van der Waals surface area contributed by atoms with E-state index < -0.39 is 0 Å². The van der Waals surface area contributed by atoms with Crippen LogP contribution < -0.4 is 5.73 Å². The maximum atomic E-state index is 8.54. The second-order valence-corrected chi connectivity index (χ2v) is 6.31. The van der Waals surface area contributed by atoms with Crippen molar-refractivity contribution in [3.05, 3.63) is 0 Å². The van der Waals surface area contributed by atoms with Gasteiger partial charge in [-0.15, -0.1) is 0 Å². The van der Waals surface area contributed by atoms with Crippen LogP contribution in [0, 0.1) is 0 Å². The molecular weight excluding hydrogens is 442 g/mol. The molecule has 12 heteroatoms. The zero-order chi connectivity index (χ0) is 23.9. The number of rotatable bonds is 30. The SMILES string of the molecule is NCOCCOCCOCCOCCOCCOCCOCCOCCOCCOCCO. The Morgan fingerprint density at radius 1 is 0.303 bits per heavy atom. The Hall–Kier alpha value is -0.480. The summed E-state index contributed by atoms with van der Waals surface area (Å²) in [6.45, 7) is 9.76. The average molecular weight is 488 g/mol. The Labute approximate surface area is 197 Å². The van der Waals surface area contributed by atoms with Crippen LogP contribution in [0.1, 0.15) is 0 Å². The molecular formula is C21H45NO11. The second kappa shape index (κ2) is 31.5. The summed E-state index contributed by atoms with van der Waals surface area (Å²) in [5.74, 6) is 0. The largest absolute Gasteiger partial charge is 0.394 e. The maximum Gasteiger partial charge on any atom is 0.0941 e. The van der Waals surface area contributed by atoms with Gasteiger partial charge in [-0.05, 0) is 0 Å². The van der Waals surface area contributed by atoms with E-state index in [0.717, 1.165) is 0 Å². The summed E-state index contributed by atoms with van der Waals surface area (Å²) < 4.78 is 53.0. The van der Waals surface area contributed by atoms with Gasteiger partial charge in [0.2, 0.25) is 0 Å². The zero-order valence-electron chi connectivity index (χ0n) is 20.0. The van der Waals surface area contributed by atoms with E-state index in [9.17, 15) is 0 Å². The molecule has 0 unspecified atom stereocenters. The van der Waals surface area contributed by atoms with E-state index in [2.05, 4.69) is 0 Å². The second-order valence-electron chi connectivity index (χ2n) is 6.31. The normalized spacial score (nSPS) is 11.5. The van der Waals surface area contributed by atoms with Crippen molar-refractivity contribution in [2.24, 2.45) is 5.73 Å². The van der Waals surface area contributed by atoms with Gasteiger partial charge in [0.15, 0.2) is 0 Å². The van der Waals surface area contributed by atoms with Crippen LogP contribution in [0.4, 0.5) is 0 Å². The molecule has 0 aromatic rings. The number of aliphatic hydroxyl groups excluding tert-OH is 1. The van der Waals surface area contributed by atoms with Crippen LogP contribution in [-0.2, 0) is 47.4 Å². The first-order valence-corrected chi connectivity index (χ1v) is 11.5. The van der Waals surface area contributed by atoms with Crippen LogP contribution in [0.2, 0.25) is 0 Å². The number of aliphatic hydroxyl groups is 1. The molecule has 0 radical (unpaired) electrons. The summed E-state index contributed by atoms with van der Waals surface area (Å²) in [6.07, 6.45) is 0. The van der Waals surface area contributed by atoms with Crippen molar-refractivity contribution in [2.45, 2.75) is 0 Å². The van der Waals surface area contributed by atoms with Crippen molar-refractivity contribution in [3.63, 3.8) is 0 Å². The first-order valence-electron chi connectivity index (χ1n) is 11.5. The first-order chi connectivity index (χ1) is 16.4. The monoisotopic (exact) mass is 487 g/mol. The summed E-state index contributed by atoms with van der Waals surface area (Å²) in [5.41, 5.74) is 5.19. The fraction of sp³-hybridized carbons (Fsp3) is 1.00. The Kier molecular flexibility index (Phi) is 31.1. The molecule has 3 N–H and O–H groups in total. The lowest BCUT2D eigenvalue weighted by Gasteiger charge is -2.08. The quantitative estimate of drug-likeness (QED) is 0.0955. The predicted molar refractivity (Wildman–Crippen MR) is 119 cm³/mol. The Balaban J connectivity index is 2.99. The van der Waals surface area contributed by atoms with E-state index in [1.807, 2.05) is 0 Å². The van der Waals surface area contributed by atoms with Gasteiger partial charge in [0.1, 0.15) is 0 Å². The molecule has 0 aliphatic carbocycles. The van der Waals surface area contributed by atoms with Gasteiger partial charge in [0, 0.05) is 0 Å². The molecule has 0 aliphatic heterocycles. The maximum absolute atomic E-state index is 8.54. The third-order valence-corrected chi connectivity index (χ3v) is 3.70. The van der Waals surface area contributed by atoms with Crippen LogP contribution in [0.25, 0.3) is 0 Å². The van der Waals surface area contributed by atoms with Gasteiger partial charge in [-0.1, -0.05) is 0 Å². The van der Waals surface area contributed by atoms with E-state index >= 15 is 0 Å². The van der Waals surface area contributed by atoms with Crippen molar-refractivity contribution >= 4 is 0 Å². The molecule has 0 atom stereocenters. The van der Waals surface area contributed by atoms with Crippen LogP contribution in [0.5, 0.6) is 0 Å². The smallest absolute Gasteiger partial charge is 0.0941 e. The van der Waals surface area contributed by atoms with Crippen molar-refractivity contribution in [3.8, 4) is 0 Å². The Bertz CT molecular complexity index is 313. The molecule has 0 aliphatic rings. The predicted octanol–water partition coefficient (Wildman–Crippen LogP) is -0.939. The minimum atomic E-state index is 0.0282. The molecule has 0 amide bonds. The molecule has 0 aromatic carbocycles. The van der Waals surface area contributed by atoms with E-state index in [4.69, 9.17) is 58.2 Å².